The Kier molecular flexibility index (Phi) is 11.9. The van der Waals surface area contributed by atoms with Crippen molar-refractivity contribution in [3.63, 3.8) is 0 Å². The van der Waals surface area contributed by atoms with Crippen LogP contribution in [-0.2, 0) is 9.59 Å². The molecule has 1 saturated carbocycles. The van der Waals surface area contributed by atoms with Gasteiger partial charge in [0.2, 0.25) is 17.8 Å². The smallest absolute Gasteiger partial charge is 0.234 e. The molecular formula is C42H54FN9O3. The largest absolute Gasteiger partial charge is 0.371 e. The number of alkyl halides is 1. The van der Waals surface area contributed by atoms with Gasteiger partial charge in [0.15, 0.2) is 6.29 Å². The zero-order valence-corrected chi connectivity index (χ0v) is 32.3. The summed E-state index contributed by atoms with van der Waals surface area (Å²) < 4.78 is 18.2. The lowest BCUT2D eigenvalue weighted by atomic mass is 9.87. The first-order valence-electron chi connectivity index (χ1n) is 19.8. The fourth-order valence-corrected chi connectivity index (χ4v) is 8.66. The first-order valence-corrected chi connectivity index (χ1v) is 19.8. The number of pyridine rings is 1. The predicted molar refractivity (Wildman–Crippen MR) is 213 cm³/mol. The molecule has 292 valence electrons. The quantitative estimate of drug-likeness (QED) is 0.147. The van der Waals surface area contributed by atoms with E-state index in [0.29, 0.717) is 74.7 Å². The van der Waals surface area contributed by atoms with Crippen LogP contribution in [0.25, 0.3) is 11.0 Å². The molecule has 12 nitrogen and oxygen atoms in total. The van der Waals surface area contributed by atoms with E-state index in [0.717, 1.165) is 80.2 Å². The Hall–Kier alpha value is -4.75. The summed E-state index contributed by atoms with van der Waals surface area (Å²) in [6.45, 7) is 3.41. The zero-order chi connectivity index (χ0) is 38.5. The summed E-state index contributed by atoms with van der Waals surface area (Å²) in [7, 11) is 6.00. The Labute approximate surface area is 322 Å². The summed E-state index contributed by atoms with van der Waals surface area (Å²) in [5.74, 6) is 0.724. The van der Waals surface area contributed by atoms with Crippen LogP contribution in [0, 0.1) is 0 Å². The molecule has 4 aliphatic rings. The van der Waals surface area contributed by atoms with E-state index in [1.54, 1.807) is 6.20 Å². The maximum absolute atomic E-state index is 16.2. The van der Waals surface area contributed by atoms with Crippen molar-refractivity contribution >= 4 is 46.6 Å². The number of nitrogens with one attached hydrogen (secondary N) is 2. The van der Waals surface area contributed by atoms with E-state index >= 15 is 4.39 Å². The molecule has 8 rings (SSSR count). The number of nitrogens with zero attached hydrogens (tertiary/aromatic N) is 7. The molecule has 1 unspecified atom stereocenters. The van der Waals surface area contributed by atoms with Crippen LogP contribution in [-0.4, -0.2) is 107 Å². The van der Waals surface area contributed by atoms with Gasteiger partial charge in [-0.2, -0.15) is 4.98 Å². The molecule has 2 N–H and O–H groups in total. The molecule has 2 amide bonds. The van der Waals surface area contributed by atoms with Crippen LogP contribution in [0.15, 0.2) is 54.9 Å². The number of fused-ring (bicyclic) bond motifs is 1. The summed E-state index contributed by atoms with van der Waals surface area (Å²) in [6, 6.07) is 14.2. The third-order valence-electron chi connectivity index (χ3n) is 11.5. The van der Waals surface area contributed by atoms with Crippen LogP contribution in [0.3, 0.4) is 0 Å². The Bertz CT molecular complexity index is 1960. The molecule has 3 aromatic heterocycles. The SMILES string of the molecule is CN(C)C.O=Cc1cc2cnc(Nc3ccc(C4CCN(CC5(F)CCN(c6cccc(C7CCC(=O)NC7=O)c6)CC5)CC4)cn3)nc2n1C1CCCC1. The van der Waals surface area contributed by atoms with Gasteiger partial charge < -0.3 is 24.6 Å². The van der Waals surface area contributed by atoms with E-state index < -0.39 is 5.67 Å². The van der Waals surface area contributed by atoms with Gasteiger partial charge in [-0.25, -0.2) is 14.4 Å². The molecule has 13 heteroatoms. The van der Waals surface area contributed by atoms with Crippen LogP contribution in [0.1, 0.15) is 104 Å². The summed E-state index contributed by atoms with van der Waals surface area (Å²) >= 11 is 0. The Morgan fingerprint density at radius 3 is 2.35 bits per heavy atom. The van der Waals surface area contributed by atoms with Gasteiger partial charge in [0.1, 0.15) is 17.1 Å². The van der Waals surface area contributed by atoms with Crippen LogP contribution >= 0.6 is 0 Å². The van der Waals surface area contributed by atoms with E-state index in [1.165, 1.54) is 5.56 Å². The first-order chi connectivity index (χ1) is 26.6. The van der Waals surface area contributed by atoms with Gasteiger partial charge in [-0.3, -0.25) is 19.7 Å². The van der Waals surface area contributed by atoms with Gasteiger partial charge in [-0.15, -0.1) is 0 Å². The fraction of sp³-hybridized carbons (Fsp3) is 0.524. The molecule has 1 atom stereocenters. The summed E-state index contributed by atoms with van der Waals surface area (Å²) in [5.41, 5.74) is 3.30. The molecule has 4 fully saturated rings. The number of anilines is 3. The molecular weight excluding hydrogens is 698 g/mol. The number of rotatable bonds is 9. The van der Waals surface area contributed by atoms with Crippen molar-refractivity contribution < 1.29 is 18.8 Å². The lowest BCUT2D eigenvalue weighted by Crippen LogP contribution is -2.49. The van der Waals surface area contributed by atoms with Crippen LogP contribution in [0.5, 0.6) is 0 Å². The van der Waals surface area contributed by atoms with E-state index in [1.807, 2.05) is 68.6 Å². The molecule has 1 aliphatic carbocycles. The zero-order valence-electron chi connectivity index (χ0n) is 32.3. The Morgan fingerprint density at radius 2 is 1.67 bits per heavy atom. The van der Waals surface area contributed by atoms with Crippen molar-refractivity contribution in [3.8, 4) is 0 Å². The molecule has 3 saturated heterocycles. The van der Waals surface area contributed by atoms with Crippen LogP contribution in [0.4, 0.5) is 21.8 Å². The molecule has 3 aliphatic heterocycles. The van der Waals surface area contributed by atoms with Crippen molar-refractivity contribution in [3.05, 3.63) is 71.7 Å². The second-order valence-electron chi connectivity index (χ2n) is 16.2. The number of benzene rings is 1. The minimum absolute atomic E-state index is 0.214. The van der Waals surface area contributed by atoms with Gasteiger partial charge in [0, 0.05) is 68.4 Å². The van der Waals surface area contributed by atoms with Crippen molar-refractivity contribution in [2.24, 2.45) is 0 Å². The van der Waals surface area contributed by atoms with E-state index in [4.69, 9.17) is 4.98 Å². The lowest BCUT2D eigenvalue weighted by molar-refractivity contribution is -0.134. The highest BCUT2D eigenvalue weighted by Gasteiger charge is 2.38. The number of carbonyl (C=O) groups is 3. The first kappa shape index (κ1) is 38.5. The van der Waals surface area contributed by atoms with Gasteiger partial charge in [0.25, 0.3) is 0 Å². The number of carbonyl (C=O) groups excluding carboxylic acids is 3. The Balaban J connectivity index is 0.00000111. The van der Waals surface area contributed by atoms with Crippen LogP contribution < -0.4 is 15.5 Å². The topological polar surface area (TPSA) is 129 Å². The molecule has 1 aromatic carbocycles. The number of halogens is 1. The van der Waals surface area contributed by atoms with Crippen molar-refractivity contribution in [2.45, 2.75) is 87.8 Å². The van der Waals surface area contributed by atoms with Crippen LogP contribution in [0.2, 0.25) is 0 Å². The number of aromatic nitrogens is 4. The summed E-state index contributed by atoms with van der Waals surface area (Å²) in [5, 5.41) is 6.56. The van der Waals surface area contributed by atoms with Gasteiger partial charge in [-0.05, 0) is 108 Å². The Morgan fingerprint density at radius 1 is 0.927 bits per heavy atom. The van der Waals surface area contributed by atoms with Gasteiger partial charge >= 0.3 is 0 Å². The average molecular weight is 752 g/mol. The monoisotopic (exact) mass is 751 g/mol. The summed E-state index contributed by atoms with van der Waals surface area (Å²) in [6.07, 6.45) is 12.8. The third kappa shape index (κ3) is 9.21. The van der Waals surface area contributed by atoms with E-state index in [-0.39, 0.29) is 17.7 Å². The van der Waals surface area contributed by atoms with E-state index in [2.05, 4.69) is 41.0 Å². The minimum Gasteiger partial charge on any atom is -0.371 e. The second-order valence-corrected chi connectivity index (χ2v) is 16.2. The van der Waals surface area contributed by atoms with Crippen molar-refractivity contribution in [1.29, 1.82) is 0 Å². The second kappa shape index (κ2) is 16.9. The van der Waals surface area contributed by atoms with Gasteiger partial charge in [0.05, 0.1) is 11.6 Å². The highest BCUT2D eigenvalue weighted by molar-refractivity contribution is 6.01. The number of piperidine rings is 3. The molecule has 0 spiro atoms. The maximum atomic E-state index is 16.2. The molecule has 55 heavy (non-hydrogen) atoms. The van der Waals surface area contributed by atoms with E-state index in [9.17, 15) is 14.4 Å². The predicted octanol–water partition coefficient (Wildman–Crippen LogP) is 6.38. The highest BCUT2D eigenvalue weighted by atomic mass is 19.1. The molecule has 6 heterocycles. The molecule has 0 radical (unpaired) electrons. The standard InChI is InChI=1S/C39H45FN8O3.C3H9N/c40-39(14-18-47(19-15-39)31-7-3-4-27(20-31)33-9-11-35(50)44-37(33)51)25-46-16-12-26(13-17-46)28-8-10-34(41-22-28)43-38-42-23-29-21-32(24-49)48(36(29)45-38)30-5-1-2-6-30;1-4(2)3/h3-4,7-8,10,20-24,26,30,33H,1-2,5-6,9,11-19,25H2,(H,44,50,51)(H,41,42,43,45);1-3H3. The normalized spacial score (nSPS) is 21.0. The highest BCUT2D eigenvalue weighted by Crippen LogP contribution is 2.36. The fourth-order valence-electron chi connectivity index (χ4n) is 8.66. The number of hydrogen-bond donors (Lipinski definition) is 2. The lowest BCUT2D eigenvalue weighted by Gasteiger charge is -2.42. The number of amides is 2. The number of likely N-dealkylation sites (tertiary alicyclic amines) is 1. The van der Waals surface area contributed by atoms with Crippen molar-refractivity contribution in [1.82, 2.24) is 34.6 Å². The number of hydrogen-bond acceptors (Lipinski definition) is 10. The molecule has 0 bridgehead atoms. The molecule has 4 aromatic rings. The van der Waals surface area contributed by atoms with Gasteiger partial charge in [-0.1, -0.05) is 31.0 Å². The number of imide groups is 1. The minimum atomic E-state index is -1.22. The average Bonchev–Trinajstić information content (AvgIpc) is 3.83. The summed E-state index contributed by atoms with van der Waals surface area (Å²) in [4.78, 5) is 56.2. The number of aldehydes is 1. The van der Waals surface area contributed by atoms with Crippen molar-refractivity contribution in [2.75, 3.05) is 64.1 Å². The third-order valence-corrected chi connectivity index (χ3v) is 11.5. The maximum Gasteiger partial charge on any atom is 0.234 e.